The van der Waals surface area contributed by atoms with E-state index in [1.54, 1.807) is 46.5 Å². The highest BCUT2D eigenvalue weighted by Crippen LogP contribution is 2.30. The fourth-order valence-corrected chi connectivity index (χ4v) is 5.37. The van der Waals surface area contributed by atoms with Gasteiger partial charge in [0.25, 0.3) is 5.69 Å². The van der Waals surface area contributed by atoms with Crippen LogP contribution in [-0.2, 0) is 41.4 Å². The normalized spacial score (nSPS) is 11.0. The molecule has 0 spiro atoms. The topological polar surface area (TPSA) is 210 Å². The molecule has 6 heterocycles. The standard InChI is InChI=1S/C8H6F3N3.C7H6ClN3.C7H6N4O2.C7H7N3.C6H6N4/c1-14-7-4-5(8(9,10)11)2-3-6(7)12-13-14;1-11-7-4-5(8)2-3-6(7)9-10-11;1-10-7-4-5(11(12)13)2-3-6(7)8-9-10;1-10-7-5-3-2-4-6(7)8-9-10;1-10-6-5(8-9-10)3-2-4-7-6/h2-4H,1H3;2-4H,1H3;2-4H,1H3;2-5H,1H3;2-4H,1H3. The van der Waals surface area contributed by atoms with Gasteiger partial charge in [0.1, 0.15) is 27.6 Å². The van der Waals surface area contributed by atoms with Gasteiger partial charge in [0, 0.05) is 58.6 Å². The predicted octanol–water partition coefficient (Wildman–Crippen LogP) is 5.82. The van der Waals surface area contributed by atoms with Crippen molar-refractivity contribution in [3.8, 4) is 0 Å². The molecule has 0 aliphatic carbocycles. The largest absolute Gasteiger partial charge is 0.416 e. The zero-order chi connectivity index (χ0) is 41.6. The first-order valence-corrected chi connectivity index (χ1v) is 17.2. The minimum Gasteiger partial charge on any atom is -0.258 e. The van der Waals surface area contributed by atoms with Gasteiger partial charge < -0.3 is 0 Å². The first-order chi connectivity index (χ1) is 27.7. The van der Waals surface area contributed by atoms with Gasteiger partial charge in [0.2, 0.25) is 0 Å². The second-order valence-corrected chi connectivity index (χ2v) is 12.6. The second kappa shape index (κ2) is 17.1. The van der Waals surface area contributed by atoms with Crippen molar-refractivity contribution in [2.45, 2.75) is 6.18 Å². The summed E-state index contributed by atoms with van der Waals surface area (Å²) < 4.78 is 44.8. The van der Waals surface area contributed by atoms with Crippen molar-refractivity contribution in [2.75, 3.05) is 0 Å². The number of rotatable bonds is 1. The highest BCUT2D eigenvalue weighted by molar-refractivity contribution is 6.31. The Morgan fingerprint density at radius 2 is 1.02 bits per heavy atom. The number of alkyl halides is 3. The molecule has 0 saturated carbocycles. The molecule has 10 rings (SSSR count). The van der Waals surface area contributed by atoms with E-state index in [2.05, 4.69) is 56.5 Å². The number of fused-ring (bicyclic) bond motifs is 5. The van der Waals surface area contributed by atoms with Gasteiger partial charge >= 0.3 is 6.18 Å². The Labute approximate surface area is 329 Å². The van der Waals surface area contributed by atoms with E-state index in [9.17, 15) is 23.3 Å². The molecule has 4 aromatic carbocycles. The lowest BCUT2D eigenvalue weighted by molar-refractivity contribution is -0.384. The number of nitro groups is 1. The summed E-state index contributed by atoms with van der Waals surface area (Å²) in [4.78, 5) is 14.1. The molecule has 296 valence electrons. The number of aromatic nitrogens is 16. The van der Waals surface area contributed by atoms with Gasteiger partial charge in [-0.05, 0) is 66.7 Å². The summed E-state index contributed by atoms with van der Waals surface area (Å²) in [5, 5.41) is 49.2. The summed E-state index contributed by atoms with van der Waals surface area (Å²) >= 11 is 5.78. The molecule has 0 amide bonds. The van der Waals surface area contributed by atoms with Crippen LogP contribution in [0.1, 0.15) is 5.56 Å². The molecule has 0 radical (unpaired) electrons. The van der Waals surface area contributed by atoms with Crippen LogP contribution in [-0.4, -0.2) is 84.9 Å². The highest BCUT2D eigenvalue weighted by Gasteiger charge is 2.30. The molecule has 0 N–H and O–H groups in total. The average Bonchev–Trinajstić information content (AvgIpc) is 4.06. The maximum atomic E-state index is 12.3. The van der Waals surface area contributed by atoms with Gasteiger partial charge in [-0.25, -0.2) is 28.4 Å². The molecule has 6 aromatic heterocycles. The van der Waals surface area contributed by atoms with Crippen LogP contribution in [0.3, 0.4) is 0 Å². The van der Waals surface area contributed by atoms with E-state index < -0.39 is 16.7 Å². The lowest BCUT2D eigenvalue weighted by Gasteiger charge is -2.05. The molecule has 0 aliphatic heterocycles. The Hall–Kier alpha value is -7.49. The summed E-state index contributed by atoms with van der Waals surface area (Å²) in [6.45, 7) is 0. The number of pyridine rings is 1. The number of hydrogen-bond acceptors (Lipinski definition) is 13. The molecule has 19 nitrogen and oxygen atoms in total. The fraction of sp³-hybridized carbons (Fsp3) is 0.171. The van der Waals surface area contributed by atoms with Gasteiger partial charge in [-0.3, -0.25) is 10.1 Å². The Kier molecular flexibility index (Phi) is 11.9. The SMILES string of the molecule is Cn1nnc2ccc(C(F)(F)F)cc21.Cn1nnc2ccc(Cl)cc21.Cn1nnc2ccc([N+](=O)[O-])cc21.Cn1nnc2ccccc21.Cn1nnc2cccnc21. The third-order valence-corrected chi connectivity index (χ3v) is 8.43. The predicted molar refractivity (Wildman–Crippen MR) is 207 cm³/mol. The third-order valence-electron chi connectivity index (χ3n) is 8.19. The van der Waals surface area contributed by atoms with Crippen molar-refractivity contribution in [3.05, 3.63) is 118 Å². The van der Waals surface area contributed by atoms with Gasteiger partial charge in [-0.1, -0.05) is 49.8 Å². The van der Waals surface area contributed by atoms with Gasteiger partial charge in [0.05, 0.1) is 32.6 Å². The molecule has 0 unspecified atom stereocenters. The number of para-hydroxylation sites is 1. The molecular weight excluding hydrogens is 783 g/mol. The molecular formula is C35H31ClF3N17O2. The molecule has 0 atom stereocenters. The lowest BCUT2D eigenvalue weighted by atomic mass is 10.2. The summed E-state index contributed by atoms with van der Waals surface area (Å²) in [6.07, 6.45) is -2.59. The van der Waals surface area contributed by atoms with Crippen molar-refractivity contribution in [3.63, 3.8) is 0 Å². The maximum Gasteiger partial charge on any atom is 0.416 e. The van der Waals surface area contributed by atoms with E-state index in [4.69, 9.17) is 11.6 Å². The molecule has 0 bridgehead atoms. The molecule has 0 fully saturated rings. The van der Waals surface area contributed by atoms with Crippen LogP contribution in [0.2, 0.25) is 5.02 Å². The summed E-state index contributed by atoms with van der Waals surface area (Å²) in [5.74, 6) is 0. The van der Waals surface area contributed by atoms with Crippen molar-refractivity contribution in [2.24, 2.45) is 35.2 Å². The fourth-order valence-electron chi connectivity index (χ4n) is 5.20. The van der Waals surface area contributed by atoms with Gasteiger partial charge in [-0.2, -0.15) is 13.2 Å². The Morgan fingerprint density at radius 3 is 1.59 bits per heavy atom. The van der Waals surface area contributed by atoms with Crippen LogP contribution in [0.15, 0.2) is 97.2 Å². The molecule has 0 aliphatic rings. The zero-order valence-corrected chi connectivity index (χ0v) is 31.9. The van der Waals surface area contributed by atoms with Crippen molar-refractivity contribution in [1.82, 2.24) is 80.0 Å². The highest BCUT2D eigenvalue weighted by atomic mass is 35.5. The van der Waals surface area contributed by atoms with E-state index in [-0.39, 0.29) is 5.69 Å². The van der Waals surface area contributed by atoms with Gasteiger partial charge in [0.15, 0.2) is 5.65 Å². The summed E-state index contributed by atoms with van der Waals surface area (Å²) in [7, 11) is 8.79. The number of benzene rings is 4. The smallest absolute Gasteiger partial charge is 0.258 e. The number of nitrogens with zero attached hydrogens (tertiary/aromatic N) is 17. The molecule has 10 aromatic rings. The first kappa shape index (κ1) is 40.2. The lowest BCUT2D eigenvalue weighted by Crippen LogP contribution is -2.04. The van der Waals surface area contributed by atoms with E-state index in [0.717, 1.165) is 45.4 Å². The Balaban J connectivity index is 0.000000123. The monoisotopic (exact) mass is 813 g/mol. The van der Waals surface area contributed by atoms with E-state index in [1.807, 2.05) is 69.7 Å². The van der Waals surface area contributed by atoms with Crippen LogP contribution >= 0.6 is 11.6 Å². The maximum absolute atomic E-state index is 12.3. The number of non-ortho nitro benzene ring substituents is 1. The van der Waals surface area contributed by atoms with Gasteiger partial charge in [-0.15, -0.1) is 25.5 Å². The molecule has 23 heteroatoms. The second-order valence-electron chi connectivity index (χ2n) is 12.2. The molecule has 0 saturated heterocycles. The molecule has 58 heavy (non-hydrogen) atoms. The van der Waals surface area contributed by atoms with E-state index >= 15 is 0 Å². The minimum absolute atomic E-state index is 0.0536. The minimum atomic E-state index is -4.32. The summed E-state index contributed by atoms with van der Waals surface area (Å²) in [6, 6.07) is 24.9. The average molecular weight is 814 g/mol. The number of nitro benzene ring substituents is 1. The van der Waals surface area contributed by atoms with Crippen LogP contribution in [0.5, 0.6) is 0 Å². The van der Waals surface area contributed by atoms with Crippen molar-refractivity contribution < 1.29 is 18.1 Å². The van der Waals surface area contributed by atoms with Crippen LogP contribution in [0, 0.1) is 10.1 Å². The van der Waals surface area contributed by atoms with Crippen LogP contribution < -0.4 is 0 Å². The number of aryl methyl sites for hydroxylation is 5. The Bertz CT molecular complexity index is 2920. The Morgan fingerprint density at radius 1 is 0.552 bits per heavy atom. The van der Waals surface area contributed by atoms with E-state index in [0.29, 0.717) is 27.1 Å². The van der Waals surface area contributed by atoms with Crippen molar-refractivity contribution in [1.29, 1.82) is 0 Å². The first-order valence-electron chi connectivity index (χ1n) is 16.8. The summed E-state index contributed by atoms with van der Waals surface area (Å²) in [5.41, 5.74) is 7.03. The zero-order valence-electron chi connectivity index (χ0n) is 31.2. The van der Waals surface area contributed by atoms with E-state index in [1.165, 1.54) is 27.6 Å². The third kappa shape index (κ3) is 9.30. The number of halogens is 4. The van der Waals surface area contributed by atoms with Crippen molar-refractivity contribution >= 4 is 72.6 Å². The quantitative estimate of drug-likeness (QED) is 0.142. The number of hydrogen-bond donors (Lipinski definition) is 0. The van der Waals surface area contributed by atoms with Crippen LogP contribution in [0.25, 0.3) is 55.3 Å². The van der Waals surface area contributed by atoms with Crippen LogP contribution in [0.4, 0.5) is 18.9 Å².